The van der Waals surface area contributed by atoms with Crippen LogP contribution in [-0.2, 0) is 9.57 Å². The number of rotatable bonds is 1. The molecule has 1 aliphatic heterocycles. The van der Waals surface area contributed by atoms with E-state index in [9.17, 15) is 4.79 Å². The lowest BCUT2D eigenvalue weighted by Crippen LogP contribution is -2.36. The van der Waals surface area contributed by atoms with Crippen molar-refractivity contribution in [3.05, 3.63) is 0 Å². The Bertz CT molecular complexity index is 124. The largest absolute Gasteiger partial charge is 0.422 e. The first-order chi connectivity index (χ1) is 4.79. The molecule has 0 aromatic rings. The number of ether oxygens (including phenoxy) is 1. The van der Waals surface area contributed by atoms with Gasteiger partial charge in [0.05, 0.1) is 26.3 Å². The van der Waals surface area contributed by atoms with Crippen molar-refractivity contribution in [3.8, 4) is 0 Å². The zero-order chi connectivity index (χ0) is 7.40. The Hall–Kier alpha value is -0.320. The van der Waals surface area contributed by atoms with E-state index in [0.717, 1.165) is 0 Å². The predicted octanol–water partition coefficient (Wildman–Crippen LogP) is 0.609. The molecule has 4 nitrogen and oxygen atoms in total. The maximum absolute atomic E-state index is 10.2. The summed E-state index contributed by atoms with van der Waals surface area (Å²) in [6, 6.07) is 0. The molecule has 0 amide bonds. The Morgan fingerprint density at radius 3 is 2.60 bits per heavy atom. The van der Waals surface area contributed by atoms with Crippen LogP contribution < -0.4 is 0 Å². The third kappa shape index (κ3) is 2.51. The molecule has 5 heteroatoms. The van der Waals surface area contributed by atoms with Crippen LogP contribution in [0.25, 0.3) is 0 Å². The van der Waals surface area contributed by atoms with E-state index < -0.39 is 5.43 Å². The molecule has 0 atom stereocenters. The zero-order valence-corrected chi connectivity index (χ0v) is 6.13. The van der Waals surface area contributed by atoms with E-state index in [1.165, 1.54) is 5.06 Å². The molecule has 10 heavy (non-hydrogen) atoms. The first-order valence-electron chi connectivity index (χ1n) is 2.99. The maximum Gasteiger partial charge on any atom is 0.422 e. The van der Waals surface area contributed by atoms with Crippen LogP contribution in [0.4, 0.5) is 4.79 Å². The number of halogens is 1. The molecule has 0 radical (unpaired) electrons. The molecule has 1 aliphatic rings. The van der Waals surface area contributed by atoms with Gasteiger partial charge in [-0.15, -0.1) is 5.06 Å². The van der Waals surface area contributed by atoms with Gasteiger partial charge >= 0.3 is 5.43 Å². The number of hydroxylamine groups is 2. The Balaban J connectivity index is 2.19. The molecule has 0 N–H and O–H groups in total. The lowest BCUT2D eigenvalue weighted by atomic mass is 10.5. The van der Waals surface area contributed by atoms with Crippen molar-refractivity contribution in [3.63, 3.8) is 0 Å². The monoisotopic (exact) mass is 165 g/mol. The van der Waals surface area contributed by atoms with Crippen molar-refractivity contribution in [2.45, 2.75) is 0 Å². The number of carbonyl (C=O) groups excluding carboxylic acids is 1. The van der Waals surface area contributed by atoms with E-state index in [1.54, 1.807) is 0 Å². The highest BCUT2D eigenvalue weighted by Crippen LogP contribution is 1.99. The highest BCUT2D eigenvalue weighted by Gasteiger charge is 2.13. The minimum atomic E-state index is -0.790. The summed E-state index contributed by atoms with van der Waals surface area (Å²) in [5.41, 5.74) is -0.790. The number of hydrogen-bond donors (Lipinski definition) is 0. The van der Waals surface area contributed by atoms with Gasteiger partial charge in [-0.1, -0.05) is 0 Å². The van der Waals surface area contributed by atoms with E-state index in [1.807, 2.05) is 0 Å². The fourth-order valence-corrected chi connectivity index (χ4v) is 0.837. The van der Waals surface area contributed by atoms with E-state index >= 15 is 0 Å². The molecular formula is C5H8ClNO3. The van der Waals surface area contributed by atoms with Crippen molar-refractivity contribution in [1.82, 2.24) is 5.06 Å². The van der Waals surface area contributed by atoms with Gasteiger partial charge < -0.3 is 9.57 Å². The summed E-state index contributed by atoms with van der Waals surface area (Å²) >= 11 is 4.97. The fraction of sp³-hybridized carbons (Fsp3) is 0.800. The Morgan fingerprint density at radius 1 is 1.50 bits per heavy atom. The highest BCUT2D eigenvalue weighted by molar-refractivity contribution is 6.61. The molecule has 0 saturated carbocycles. The van der Waals surface area contributed by atoms with Gasteiger partial charge in [0.25, 0.3) is 0 Å². The van der Waals surface area contributed by atoms with Crippen LogP contribution in [0.2, 0.25) is 0 Å². The molecule has 1 saturated heterocycles. The van der Waals surface area contributed by atoms with Gasteiger partial charge in [-0.05, 0) is 0 Å². The van der Waals surface area contributed by atoms with Gasteiger partial charge in [-0.2, -0.15) is 0 Å². The summed E-state index contributed by atoms with van der Waals surface area (Å²) in [5, 5.41) is 1.48. The molecular weight excluding hydrogens is 158 g/mol. The average Bonchev–Trinajstić information content (AvgIpc) is 1.88. The molecule has 0 bridgehead atoms. The standard InChI is InChI=1S/C5H8ClNO3/c6-5(8)10-7-1-3-9-4-2-7/h1-4H2. The van der Waals surface area contributed by atoms with Crippen molar-refractivity contribution in [1.29, 1.82) is 0 Å². The molecule has 0 spiro atoms. The molecule has 1 heterocycles. The Morgan fingerprint density at radius 2 is 2.10 bits per heavy atom. The molecule has 1 fully saturated rings. The van der Waals surface area contributed by atoms with E-state index in [0.29, 0.717) is 26.3 Å². The average molecular weight is 166 g/mol. The number of nitrogens with zero attached hydrogens (tertiary/aromatic N) is 1. The second-order valence-electron chi connectivity index (χ2n) is 1.87. The van der Waals surface area contributed by atoms with Gasteiger partial charge in [-0.3, -0.25) is 0 Å². The zero-order valence-electron chi connectivity index (χ0n) is 5.38. The van der Waals surface area contributed by atoms with E-state index in [4.69, 9.17) is 16.3 Å². The number of carbonyl (C=O) groups is 1. The van der Waals surface area contributed by atoms with Crippen LogP contribution in [0.1, 0.15) is 0 Å². The van der Waals surface area contributed by atoms with Gasteiger partial charge in [0.2, 0.25) is 0 Å². The van der Waals surface area contributed by atoms with Gasteiger partial charge in [-0.25, -0.2) is 4.79 Å². The lowest BCUT2D eigenvalue weighted by Gasteiger charge is -2.23. The first kappa shape index (κ1) is 7.78. The SMILES string of the molecule is O=C(Cl)ON1CCOCC1. The van der Waals surface area contributed by atoms with Crippen molar-refractivity contribution in [2.75, 3.05) is 26.3 Å². The van der Waals surface area contributed by atoms with Crippen LogP contribution in [0, 0.1) is 0 Å². The first-order valence-corrected chi connectivity index (χ1v) is 3.37. The van der Waals surface area contributed by atoms with Crippen molar-refractivity contribution >= 4 is 17.0 Å². The normalized spacial score (nSPS) is 20.5. The minimum absolute atomic E-state index is 0.587. The lowest BCUT2D eigenvalue weighted by molar-refractivity contribution is -0.138. The molecule has 0 aliphatic carbocycles. The van der Waals surface area contributed by atoms with Crippen LogP contribution in [-0.4, -0.2) is 36.8 Å². The van der Waals surface area contributed by atoms with Crippen molar-refractivity contribution < 1.29 is 14.4 Å². The summed E-state index contributed by atoms with van der Waals surface area (Å²) in [6.45, 7) is 2.37. The highest BCUT2D eigenvalue weighted by atomic mass is 35.5. The third-order valence-corrected chi connectivity index (χ3v) is 1.24. The summed E-state index contributed by atoms with van der Waals surface area (Å²) in [4.78, 5) is 14.7. The van der Waals surface area contributed by atoms with Crippen LogP contribution >= 0.6 is 11.6 Å². The second-order valence-corrected chi connectivity index (χ2v) is 2.18. The summed E-state index contributed by atoms with van der Waals surface area (Å²) in [5.74, 6) is 0. The van der Waals surface area contributed by atoms with Crippen molar-refractivity contribution in [2.24, 2.45) is 0 Å². The molecule has 0 aromatic carbocycles. The molecule has 1 rings (SSSR count). The maximum atomic E-state index is 10.2. The van der Waals surface area contributed by atoms with E-state index in [2.05, 4.69) is 4.84 Å². The summed E-state index contributed by atoms with van der Waals surface area (Å²) in [6.07, 6.45) is 0. The van der Waals surface area contributed by atoms with Crippen LogP contribution in [0.15, 0.2) is 0 Å². The van der Waals surface area contributed by atoms with E-state index in [-0.39, 0.29) is 0 Å². The minimum Gasteiger partial charge on any atom is -0.379 e. The summed E-state index contributed by atoms with van der Waals surface area (Å²) < 4.78 is 5.01. The Labute approximate surface area is 63.6 Å². The quantitative estimate of drug-likeness (QED) is 0.534. The third-order valence-electron chi connectivity index (χ3n) is 1.17. The smallest absolute Gasteiger partial charge is 0.379 e. The molecule has 0 unspecified atom stereocenters. The molecule has 0 aromatic heterocycles. The second kappa shape index (κ2) is 3.75. The summed E-state index contributed by atoms with van der Waals surface area (Å²) in [7, 11) is 0. The number of morpholine rings is 1. The predicted molar refractivity (Wildman–Crippen MR) is 34.7 cm³/mol. The van der Waals surface area contributed by atoms with Gasteiger partial charge in [0.1, 0.15) is 0 Å². The molecule has 58 valence electrons. The van der Waals surface area contributed by atoms with Gasteiger partial charge in [0.15, 0.2) is 0 Å². The van der Waals surface area contributed by atoms with Crippen LogP contribution in [0.5, 0.6) is 0 Å². The Kier molecular flexibility index (Phi) is 2.92. The number of hydrogen-bond acceptors (Lipinski definition) is 4. The fourth-order valence-electron chi connectivity index (χ4n) is 0.739. The van der Waals surface area contributed by atoms with Gasteiger partial charge in [0, 0.05) is 11.6 Å². The topological polar surface area (TPSA) is 38.8 Å². The van der Waals surface area contributed by atoms with Crippen LogP contribution in [0.3, 0.4) is 0 Å².